The van der Waals surface area contributed by atoms with Crippen molar-refractivity contribution in [2.75, 3.05) is 18.9 Å². The Morgan fingerprint density at radius 1 is 1.27 bits per heavy atom. The maximum absolute atomic E-state index is 5.42. The molecule has 1 aromatic rings. The minimum absolute atomic E-state index is 0.0955. The van der Waals surface area contributed by atoms with E-state index in [1.807, 2.05) is 14.0 Å². The quantitative estimate of drug-likeness (QED) is 0.753. The summed E-state index contributed by atoms with van der Waals surface area (Å²) >= 11 is 0. The van der Waals surface area contributed by atoms with Gasteiger partial charge in [0.05, 0.1) is 6.04 Å². The Morgan fingerprint density at radius 3 is 2.60 bits per heavy atom. The molecule has 1 unspecified atom stereocenters. The van der Waals surface area contributed by atoms with Crippen LogP contribution in [0.25, 0.3) is 0 Å². The lowest BCUT2D eigenvalue weighted by atomic mass is 10.1. The van der Waals surface area contributed by atoms with E-state index < -0.39 is 0 Å². The molecule has 15 heavy (non-hydrogen) atoms. The molecule has 2 N–H and O–H groups in total. The highest BCUT2D eigenvalue weighted by molar-refractivity contribution is 5.16. The summed E-state index contributed by atoms with van der Waals surface area (Å²) in [4.78, 5) is 0. The number of aromatic nitrogens is 2. The van der Waals surface area contributed by atoms with Gasteiger partial charge in [-0.1, -0.05) is 18.9 Å². The van der Waals surface area contributed by atoms with E-state index in [1.54, 1.807) is 0 Å². The van der Waals surface area contributed by atoms with Gasteiger partial charge in [0.2, 0.25) is 5.89 Å². The molecule has 0 amide bonds. The van der Waals surface area contributed by atoms with Crippen molar-refractivity contribution in [2.45, 2.75) is 33.2 Å². The molecule has 0 aromatic carbocycles. The van der Waals surface area contributed by atoms with Crippen molar-refractivity contribution in [1.29, 1.82) is 0 Å². The first-order chi connectivity index (χ1) is 7.13. The van der Waals surface area contributed by atoms with Crippen molar-refractivity contribution in [3.63, 3.8) is 0 Å². The van der Waals surface area contributed by atoms with E-state index in [9.17, 15) is 0 Å². The molecule has 0 aliphatic rings. The van der Waals surface area contributed by atoms with Gasteiger partial charge in [0.25, 0.3) is 0 Å². The fourth-order valence-electron chi connectivity index (χ4n) is 1.07. The van der Waals surface area contributed by atoms with Gasteiger partial charge in [0.1, 0.15) is 0 Å². The zero-order chi connectivity index (χ0) is 11.3. The van der Waals surface area contributed by atoms with Crippen molar-refractivity contribution in [1.82, 2.24) is 15.5 Å². The van der Waals surface area contributed by atoms with Crippen LogP contribution < -0.4 is 10.6 Å². The molecular weight excluding hydrogens is 192 g/mol. The summed E-state index contributed by atoms with van der Waals surface area (Å²) in [5.41, 5.74) is 0. The van der Waals surface area contributed by atoms with Gasteiger partial charge in [-0.15, -0.1) is 5.10 Å². The molecule has 0 aliphatic carbocycles. The summed E-state index contributed by atoms with van der Waals surface area (Å²) in [5, 5.41) is 14.0. The van der Waals surface area contributed by atoms with Gasteiger partial charge >= 0.3 is 6.01 Å². The molecule has 0 fully saturated rings. The highest BCUT2D eigenvalue weighted by atomic mass is 16.4. The predicted molar refractivity (Wildman–Crippen MR) is 59.7 cm³/mol. The van der Waals surface area contributed by atoms with Gasteiger partial charge in [0, 0.05) is 6.54 Å². The molecule has 5 heteroatoms. The summed E-state index contributed by atoms with van der Waals surface area (Å²) in [5.74, 6) is 1.29. The summed E-state index contributed by atoms with van der Waals surface area (Å²) in [6.45, 7) is 7.21. The Balaban J connectivity index is 2.39. The minimum Gasteiger partial charge on any atom is -0.406 e. The van der Waals surface area contributed by atoms with E-state index in [2.05, 4.69) is 34.7 Å². The topological polar surface area (TPSA) is 63.0 Å². The molecule has 0 saturated heterocycles. The molecule has 0 bridgehead atoms. The monoisotopic (exact) mass is 212 g/mol. The molecule has 1 atom stereocenters. The van der Waals surface area contributed by atoms with Crippen molar-refractivity contribution in [3.8, 4) is 0 Å². The van der Waals surface area contributed by atoms with E-state index in [-0.39, 0.29) is 6.04 Å². The Labute approximate surface area is 90.7 Å². The Hall–Kier alpha value is -1.10. The van der Waals surface area contributed by atoms with Crippen molar-refractivity contribution in [2.24, 2.45) is 5.92 Å². The second-order valence-electron chi connectivity index (χ2n) is 4.07. The maximum Gasteiger partial charge on any atom is 0.315 e. The van der Waals surface area contributed by atoms with Crippen LogP contribution in [0.15, 0.2) is 4.42 Å². The van der Waals surface area contributed by atoms with Crippen molar-refractivity contribution in [3.05, 3.63) is 5.89 Å². The van der Waals surface area contributed by atoms with E-state index >= 15 is 0 Å². The normalized spacial score (nSPS) is 13.1. The number of nitrogens with one attached hydrogen (secondary N) is 2. The molecule has 86 valence electrons. The van der Waals surface area contributed by atoms with E-state index in [4.69, 9.17) is 4.42 Å². The van der Waals surface area contributed by atoms with Crippen LogP contribution >= 0.6 is 0 Å². The van der Waals surface area contributed by atoms with Crippen LogP contribution in [-0.4, -0.2) is 23.8 Å². The first kappa shape index (κ1) is 12.0. The number of hydrogen-bond donors (Lipinski definition) is 2. The van der Waals surface area contributed by atoms with E-state index in [1.165, 1.54) is 0 Å². The summed E-state index contributed by atoms with van der Waals surface area (Å²) in [6, 6.07) is 0.603. The fraction of sp³-hybridized carbons (Fsp3) is 0.800. The first-order valence-corrected chi connectivity index (χ1v) is 5.38. The largest absolute Gasteiger partial charge is 0.406 e. The third-order valence-corrected chi connectivity index (χ3v) is 2.24. The fourth-order valence-corrected chi connectivity index (χ4v) is 1.07. The van der Waals surface area contributed by atoms with Crippen LogP contribution in [0.4, 0.5) is 6.01 Å². The zero-order valence-corrected chi connectivity index (χ0v) is 9.87. The Bertz CT molecular complexity index is 285. The molecule has 1 aromatic heterocycles. The Morgan fingerprint density at radius 2 is 2.00 bits per heavy atom. The second-order valence-corrected chi connectivity index (χ2v) is 4.07. The minimum atomic E-state index is 0.0955. The highest BCUT2D eigenvalue weighted by Gasteiger charge is 2.11. The van der Waals surface area contributed by atoms with Gasteiger partial charge in [-0.3, -0.25) is 0 Å². The van der Waals surface area contributed by atoms with Gasteiger partial charge in [-0.25, -0.2) is 0 Å². The molecule has 1 heterocycles. The molecule has 1 rings (SSSR count). The first-order valence-electron chi connectivity index (χ1n) is 5.38. The van der Waals surface area contributed by atoms with Gasteiger partial charge in [-0.05, 0) is 26.3 Å². The lowest BCUT2D eigenvalue weighted by Gasteiger charge is -2.04. The second kappa shape index (κ2) is 5.70. The lowest BCUT2D eigenvalue weighted by molar-refractivity contribution is 0.440. The van der Waals surface area contributed by atoms with E-state index in [0.29, 0.717) is 17.8 Å². The summed E-state index contributed by atoms with van der Waals surface area (Å²) in [7, 11) is 1.86. The SMILES string of the molecule is CNC(C)c1nnc(NCCC(C)C)o1. The Kier molecular flexibility index (Phi) is 4.55. The summed E-state index contributed by atoms with van der Waals surface area (Å²) in [6.07, 6.45) is 1.10. The average Bonchev–Trinajstić information content (AvgIpc) is 2.65. The van der Waals surface area contributed by atoms with Crippen LogP contribution in [0, 0.1) is 5.92 Å². The molecular formula is C10H20N4O. The smallest absolute Gasteiger partial charge is 0.315 e. The van der Waals surface area contributed by atoms with Crippen LogP contribution in [0.2, 0.25) is 0 Å². The lowest BCUT2D eigenvalue weighted by Crippen LogP contribution is -2.12. The summed E-state index contributed by atoms with van der Waals surface area (Å²) < 4.78 is 5.42. The molecule has 0 radical (unpaired) electrons. The molecule has 5 nitrogen and oxygen atoms in total. The third kappa shape index (κ3) is 3.87. The standard InChI is InChI=1S/C10H20N4O/c1-7(2)5-6-12-10-14-13-9(15-10)8(3)11-4/h7-8,11H,5-6H2,1-4H3,(H,12,14). The van der Waals surface area contributed by atoms with Crippen LogP contribution in [-0.2, 0) is 0 Å². The third-order valence-electron chi connectivity index (χ3n) is 2.24. The van der Waals surface area contributed by atoms with Gasteiger partial charge < -0.3 is 15.1 Å². The van der Waals surface area contributed by atoms with E-state index in [0.717, 1.165) is 13.0 Å². The van der Waals surface area contributed by atoms with Crippen molar-refractivity contribution < 1.29 is 4.42 Å². The van der Waals surface area contributed by atoms with Crippen LogP contribution in [0.1, 0.15) is 39.1 Å². The predicted octanol–water partition coefficient (Wildman–Crippen LogP) is 1.81. The zero-order valence-electron chi connectivity index (χ0n) is 9.87. The average molecular weight is 212 g/mol. The number of hydrogen-bond acceptors (Lipinski definition) is 5. The number of anilines is 1. The molecule has 0 aliphatic heterocycles. The number of rotatable bonds is 6. The molecule has 0 spiro atoms. The van der Waals surface area contributed by atoms with Gasteiger partial charge in [0.15, 0.2) is 0 Å². The highest BCUT2D eigenvalue weighted by Crippen LogP contribution is 2.13. The van der Waals surface area contributed by atoms with Crippen LogP contribution in [0.3, 0.4) is 0 Å². The number of nitrogens with zero attached hydrogens (tertiary/aromatic N) is 2. The van der Waals surface area contributed by atoms with Crippen molar-refractivity contribution >= 4 is 6.01 Å². The van der Waals surface area contributed by atoms with Gasteiger partial charge in [-0.2, -0.15) is 0 Å². The van der Waals surface area contributed by atoms with Crippen LogP contribution in [0.5, 0.6) is 0 Å². The maximum atomic E-state index is 5.42. The molecule has 0 saturated carbocycles.